The molecular weight excluding hydrogens is 290 g/mol. The van der Waals surface area contributed by atoms with Crippen molar-refractivity contribution in [1.29, 1.82) is 0 Å². The molecule has 0 aliphatic rings. The number of rotatable bonds is 2. The zero-order valence-corrected chi connectivity index (χ0v) is 12.8. The fourth-order valence-electron chi connectivity index (χ4n) is 1.93. The van der Waals surface area contributed by atoms with Gasteiger partial charge in [0.25, 0.3) is 0 Å². The van der Waals surface area contributed by atoms with Crippen LogP contribution < -0.4 is 9.47 Å². The predicted octanol–water partition coefficient (Wildman–Crippen LogP) is 4.78. The van der Waals surface area contributed by atoms with Gasteiger partial charge in [-0.15, -0.1) is 0 Å². The highest BCUT2D eigenvalue weighted by Gasteiger charge is 2.14. The van der Waals surface area contributed by atoms with Gasteiger partial charge in [0.15, 0.2) is 0 Å². The molecule has 0 aromatic heterocycles. The molecule has 0 spiro atoms. The van der Waals surface area contributed by atoms with E-state index in [1.54, 1.807) is 27.7 Å². The van der Waals surface area contributed by atoms with E-state index in [1.165, 1.54) is 24.3 Å². The van der Waals surface area contributed by atoms with E-state index in [2.05, 4.69) is 0 Å². The maximum atomic E-state index is 13.4. The number of benzene rings is 2. The van der Waals surface area contributed by atoms with E-state index in [0.29, 0.717) is 22.3 Å². The fourth-order valence-corrected chi connectivity index (χ4v) is 1.93. The van der Waals surface area contributed by atoms with Crippen LogP contribution in [0.5, 0.6) is 11.5 Å². The first-order valence-corrected chi connectivity index (χ1v) is 6.71. The van der Waals surface area contributed by atoms with Gasteiger partial charge in [-0.25, -0.2) is 13.6 Å². The minimum atomic E-state index is -0.955. The van der Waals surface area contributed by atoms with Gasteiger partial charge in [0.2, 0.25) is 0 Å². The normalized spacial score (nSPS) is 10.5. The molecule has 2 rings (SSSR count). The molecule has 2 aromatic rings. The molecule has 22 heavy (non-hydrogen) atoms. The minimum absolute atomic E-state index is 0.223. The van der Waals surface area contributed by atoms with Crippen LogP contribution in [0, 0.1) is 39.3 Å². The Labute approximate surface area is 127 Å². The third-order valence-corrected chi connectivity index (χ3v) is 3.30. The number of ether oxygens (including phenoxy) is 2. The second-order valence-electron chi connectivity index (χ2n) is 5.19. The van der Waals surface area contributed by atoms with Crippen molar-refractivity contribution in [2.45, 2.75) is 27.7 Å². The molecule has 0 amide bonds. The fraction of sp³-hybridized carbons (Fsp3) is 0.235. The zero-order chi connectivity index (χ0) is 16.4. The summed E-state index contributed by atoms with van der Waals surface area (Å²) in [6.07, 6.45) is -0.955. The molecule has 2 aromatic carbocycles. The van der Waals surface area contributed by atoms with E-state index in [-0.39, 0.29) is 23.1 Å². The molecule has 0 saturated carbocycles. The van der Waals surface area contributed by atoms with Crippen molar-refractivity contribution in [2.75, 3.05) is 0 Å². The summed E-state index contributed by atoms with van der Waals surface area (Å²) in [5.74, 6) is -0.299. The van der Waals surface area contributed by atoms with Crippen molar-refractivity contribution in [3.8, 4) is 11.5 Å². The summed E-state index contributed by atoms with van der Waals surface area (Å²) in [7, 11) is 0. The number of hydrogen-bond acceptors (Lipinski definition) is 3. The standard InChI is InChI=1S/C17H16F2O3/c1-9-7-15(11(3)5-13(9)18)21-17(20)22-16-8-10(2)14(19)6-12(16)4/h5-8H,1-4H3. The lowest BCUT2D eigenvalue weighted by molar-refractivity contribution is 0.151. The number of carbonyl (C=O) groups excluding carboxylic acids is 1. The highest BCUT2D eigenvalue weighted by Crippen LogP contribution is 2.25. The van der Waals surface area contributed by atoms with Crippen LogP contribution in [0.3, 0.4) is 0 Å². The van der Waals surface area contributed by atoms with E-state index in [0.717, 1.165) is 0 Å². The Morgan fingerprint density at radius 1 is 0.727 bits per heavy atom. The van der Waals surface area contributed by atoms with Gasteiger partial charge in [-0.1, -0.05) is 0 Å². The Balaban J connectivity index is 2.17. The van der Waals surface area contributed by atoms with E-state index in [9.17, 15) is 13.6 Å². The summed E-state index contributed by atoms with van der Waals surface area (Å²) in [6, 6.07) is 5.42. The first-order valence-electron chi connectivity index (χ1n) is 6.71. The highest BCUT2D eigenvalue weighted by atomic mass is 19.1. The minimum Gasteiger partial charge on any atom is -0.394 e. The molecule has 0 aliphatic carbocycles. The molecule has 5 heteroatoms. The molecule has 0 fully saturated rings. The van der Waals surface area contributed by atoms with Crippen LogP contribution in [-0.2, 0) is 0 Å². The smallest absolute Gasteiger partial charge is 0.394 e. The van der Waals surface area contributed by atoms with Gasteiger partial charge in [0.05, 0.1) is 0 Å². The Morgan fingerprint density at radius 3 is 1.45 bits per heavy atom. The number of aryl methyl sites for hydroxylation is 4. The second kappa shape index (κ2) is 6.13. The van der Waals surface area contributed by atoms with E-state index in [4.69, 9.17) is 9.47 Å². The first-order chi connectivity index (χ1) is 10.3. The highest BCUT2D eigenvalue weighted by molar-refractivity contribution is 5.68. The molecule has 0 N–H and O–H groups in total. The van der Waals surface area contributed by atoms with Gasteiger partial charge in [-0.05, 0) is 74.2 Å². The summed E-state index contributed by atoms with van der Waals surface area (Å²) in [6.45, 7) is 6.39. The Kier molecular flexibility index (Phi) is 4.45. The van der Waals surface area contributed by atoms with Crippen molar-refractivity contribution < 1.29 is 23.0 Å². The average Bonchev–Trinajstić information content (AvgIpc) is 2.42. The maximum Gasteiger partial charge on any atom is 0.519 e. The second-order valence-corrected chi connectivity index (χ2v) is 5.19. The molecular formula is C17H16F2O3. The Hall–Kier alpha value is -2.43. The van der Waals surface area contributed by atoms with Crippen LogP contribution in [0.2, 0.25) is 0 Å². The van der Waals surface area contributed by atoms with E-state index >= 15 is 0 Å². The van der Waals surface area contributed by atoms with Crippen LogP contribution >= 0.6 is 0 Å². The van der Waals surface area contributed by atoms with Gasteiger partial charge in [0, 0.05) is 0 Å². The third-order valence-electron chi connectivity index (χ3n) is 3.30. The summed E-state index contributed by atoms with van der Waals surface area (Å²) >= 11 is 0. The molecule has 0 atom stereocenters. The van der Waals surface area contributed by atoms with Crippen molar-refractivity contribution in [3.63, 3.8) is 0 Å². The number of halogens is 2. The van der Waals surface area contributed by atoms with E-state index < -0.39 is 6.16 Å². The maximum absolute atomic E-state index is 13.4. The summed E-state index contributed by atoms with van der Waals surface area (Å²) in [5, 5.41) is 0. The van der Waals surface area contributed by atoms with Crippen molar-refractivity contribution in [3.05, 3.63) is 58.2 Å². The van der Waals surface area contributed by atoms with E-state index in [1.807, 2.05) is 0 Å². The summed E-state index contributed by atoms with van der Waals surface area (Å²) in [4.78, 5) is 11.8. The number of carbonyl (C=O) groups is 1. The molecule has 0 bridgehead atoms. The quantitative estimate of drug-likeness (QED) is 0.592. The van der Waals surface area contributed by atoms with Gasteiger partial charge in [0.1, 0.15) is 23.1 Å². The predicted molar refractivity (Wildman–Crippen MR) is 78.4 cm³/mol. The average molecular weight is 306 g/mol. The van der Waals surface area contributed by atoms with Crippen LogP contribution in [0.25, 0.3) is 0 Å². The lowest BCUT2D eigenvalue weighted by Crippen LogP contribution is -2.15. The zero-order valence-electron chi connectivity index (χ0n) is 12.8. The third kappa shape index (κ3) is 3.42. The Bertz CT molecular complexity index is 678. The van der Waals surface area contributed by atoms with Crippen LogP contribution in [0.15, 0.2) is 24.3 Å². The van der Waals surface area contributed by atoms with Crippen LogP contribution in [0.1, 0.15) is 22.3 Å². The molecule has 116 valence electrons. The Morgan fingerprint density at radius 2 is 1.09 bits per heavy atom. The van der Waals surface area contributed by atoms with Crippen LogP contribution in [-0.4, -0.2) is 6.16 Å². The van der Waals surface area contributed by atoms with Crippen molar-refractivity contribution in [2.24, 2.45) is 0 Å². The van der Waals surface area contributed by atoms with Gasteiger partial charge in [-0.2, -0.15) is 0 Å². The molecule has 3 nitrogen and oxygen atoms in total. The molecule has 0 heterocycles. The SMILES string of the molecule is Cc1cc(OC(=O)Oc2cc(C)c(F)cc2C)c(C)cc1F. The van der Waals surface area contributed by atoms with Crippen molar-refractivity contribution >= 4 is 6.16 Å². The topological polar surface area (TPSA) is 35.5 Å². The monoisotopic (exact) mass is 306 g/mol. The summed E-state index contributed by atoms with van der Waals surface area (Å²) < 4.78 is 36.9. The van der Waals surface area contributed by atoms with Gasteiger partial charge < -0.3 is 9.47 Å². The van der Waals surface area contributed by atoms with Crippen molar-refractivity contribution in [1.82, 2.24) is 0 Å². The summed E-state index contributed by atoms with van der Waals surface area (Å²) in [5.41, 5.74) is 1.68. The van der Waals surface area contributed by atoms with Gasteiger partial charge in [-0.3, -0.25) is 0 Å². The lowest BCUT2D eigenvalue weighted by atomic mass is 10.1. The lowest BCUT2D eigenvalue weighted by Gasteiger charge is -2.11. The van der Waals surface area contributed by atoms with Crippen LogP contribution in [0.4, 0.5) is 13.6 Å². The molecule has 0 unspecified atom stereocenters. The first kappa shape index (κ1) is 15.9. The van der Waals surface area contributed by atoms with Gasteiger partial charge >= 0.3 is 6.16 Å². The molecule has 0 aliphatic heterocycles. The number of hydrogen-bond donors (Lipinski definition) is 0. The largest absolute Gasteiger partial charge is 0.519 e. The molecule has 0 radical (unpaired) electrons. The molecule has 0 saturated heterocycles.